The number of hydrogen-bond donors (Lipinski definition) is 1. The smallest absolute Gasteiger partial charge is 0.408 e. The number of hydrogen-bond acceptors (Lipinski definition) is 3. The summed E-state index contributed by atoms with van der Waals surface area (Å²) in [5, 5.41) is 9.32. The van der Waals surface area contributed by atoms with Crippen molar-refractivity contribution >= 4 is 11.9 Å². The van der Waals surface area contributed by atoms with Crippen molar-refractivity contribution in [2.24, 2.45) is 34.5 Å². The van der Waals surface area contributed by atoms with Gasteiger partial charge in [-0.15, -0.1) is 0 Å². The number of carbonyl (C=O) groups excluding carboxylic acids is 1. The van der Waals surface area contributed by atoms with E-state index in [0.717, 1.165) is 19.3 Å². The molecule has 4 saturated carbocycles. The Hall–Kier alpha value is -1.27. The highest BCUT2D eigenvalue weighted by molar-refractivity contribution is 5.80. The molecular formula is C19H27F3O4. The predicted molar refractivity (Wildman–Crippen MR) is 87.1 cm³/mol. The molecule has 1 N–H and O–H groups in total. The Balaban J connectivity index is 1.87. The molecule has 4 rings (SSSR count). The first-order valence-electron chi connectivity index (χ1n) is 9.40. The van der Waals surface area contributed by atoms with Crippen molar-refractivity contribution in [3.05, 3.63) is 0 Å². The molecule has 0 aliphatic heterocycles. The average molecular weight is 376 g/mol. The third kappa shape index (κ3) is 2.91. The van der Waals surface area contributed by atoms with E-state index in [-0.39, 0.29) is 0 Å². The van der Waals surface area contributed by atoms with Gasteiger partial charge >= 0.3 is 18.1 Å². The van der Waals surface area contributed by atoms with E-state index in [4.69, 9.17) is 4.74 Å². The molecule has 0 aromatic heterocycles. The summed E-state index contributed by atoms with van der Waals surface area (Å²) >= 11 is 0. The number of halogens is 3. The molecule has 7 heteroatoms. The zero-order valence-electron chi connectivity index (χ0n) is 15.4. The zero-order valence-corrected chi connectivity index (χ0v) is 15.4. The molecule has 4 aliphatic rings. The second-order valence-electron chi connectivity index (χ2n) is 9.27. The molecule has 4 fully saturated rings. The molecule has 4 nitrogen and oxygen atoms in total. The van der Waals surface area contributed by atoms with Crippen molar-refractivity contribution in [3.63, 3.8) is 0 Å². The predicted octanol–water partition coefficient (Wildman–Crippen LogP) is 4.42. The first-order chi connectivity index (χ1) is 11.9. The van der Waals surface area contributed by atoms with Crippen LogP contribution in [-0.2, 0) is 14.3 Å². The van der Waals surface area contributed by atoms with Crippen LogP contribution in [0.15, 0.2) is 0 Å². The molecule has 0 amide bonds. The van der Waals surface area contributed by atoms with E-state index in [2.05, 4.69) is 0 Å². The molecule has 2 unspecified atom stereocenters. The molecule has 0 heterocycles. The Kier molecular flexibility index (Phi) is 4.59. The van der Waals surface area contributed by atoms with E-state index in [0.29, 0.717) is 43.9 Å². The summed E-state index contributed by atoms with van der Waals surface area (Å²) in [7, 11) is 0. The zero-order chi connectivity index (χ0) is 19.5. The lowest BCUT2D eigenvalue weighted by atomic mass is 9.49. The number of carboxylic acid groups (broad SMARTS) is 1. The SMILES string of the molecule is CC(C)C(OC(=O)C12CC3CC(CC(C3)C1)C2)C(C)(C(=O)O)C(F)(F)F. The summed E-state index contributed by atoms with van der Waals surface area (Å²) in [6, 6.07) is 0. The highest BCUT2D eigenvalue weighted by Crippen LogP contribution is 2.61. The Morgan fingerprint density at radius 2 is 1.46 bits per heavy atom. The topological polar surface area (TPSA) is 63.6 Å². The Morgan fingerprint density at radius 1 is 1.04 bits per heavy atom. The molecule has 4 bridgehead atoms. The minimum atomic E-state index is -5.02. The number of ether oxygens (including phenoxy) is 1. The Bertz CT molecular complexity index is 563. The average Bonchev–Trinajstić information content (AvgIpc) is 2.48. The standard InChI is InChI=1S/C19H27F3O4/c1-10(2)14(17(3,15(23)24)19(20,21)22)26-16(25)18-7-11-4-12(8-18)6-13(5-11)9-18/h10-14H,4-9H2,1-3H3,(H,23,24). The van der Waals surface area contributed by atoms with E-state index in [1.54, 1.807) is 0 Å². The Morgan fingerprint density at radius 3 is 1.77 bits per heavy atom. The third-order valence-corrected chi connectivity index (χ3v) is 6.91. The monoisotopic (exact) mass is 376 g/mol. The third-order valence-electron chi connectivity index (χ3n) is 6.91. The summed E-state index contributed by atoms with van der Waals surface area (Å²) in [6.45, 7) is 3.54. The fraction of sp³-hybridized carbons (Fsp3) is 0.895. The fourth-order valence-electron chi connectivity index (χ4n) is 5.93. The maximum absolute atomic E-state index is 13.6. The highest BCUT2D eigenvalue weighted by Gasteiger charge is 2.65. The number of esters is 1. The van der Waals surface area contributed by atoms with E-state index < -0.39 is 41.0 Å². The van der Waals surface area contributed by atoms with Gasteiger partial charge in [-0.05, 0) is 69.1 Å². The molecule has 148 valence electrons. The maximum Gasteiger partial charge on any atom is 0.408 e. The van der Waals surface area contributed by atoms with Crippen molar-refractivity contribution in [1.29, 1.82) is 0 Å². The van der Waals surface area contributed by atoms with Crippen LogP contribution in [0, 0.1) is 34.5 Å². The van der Waals surface area contributed by atoms with Gasteiger partial charge in [0.05, 0.1) is 5.41 Å². The number of aliphatic carboxylic acids is 1. The molecule has 4 aliphatic carbocycles. The van der Waals surface area contributed by atoms with Crippen molar-refractivity contribution in [2.45, 2.75) is 71.6 Å². The van der Waals surface area contributed by atoms with Gasteiger partial charge in [-0.3, -0.25) is 9.59 Å². The van der Waals surface area contributed by atoms with Gasteiger partial charge in [0.1, 0.15) is 6.10 Å². The van der Waals surface area contributed by atoms with Gasteiger partial charge in [0.15, 0.2) is 5.41 Å². The van der Waals surface area contributed by atoms with Crippen molar-refractivity contribution in [2.75, 3.05) is 0 Å². The fourth-order valence-corrected chi connectivity index (χ4v) is 5.93. The van der Waals surface area contributed by atoms with Gasteiger partial charge in [-0.2, -0.15) is 13.2 Å². The van der Waals surface area contributed by atoms with E-state index in [9.17, 15) is 27.9 Å². The summed E-state index contributed by atoms with van der Waals surface area (Å²) in [5.41, 5.74) is -3.84. The van der Waals surface area contributed by atoms with Crippen molar-refractivity contribution in [3.8, 4) is 0 Å². The van der Waals surface area contributed by atoms with Crippen LogP contribution in [0.25, 0.3) is 0 Å². The normalized spacial score (nSPS) is 36.7. The lowest BCUT2D eigenvalue weighted by Gasteiger charge is -2.55. The highest BCUT2D eigenvalue weighted by atomic mass is 19.4. The van der Waals surface area contributed by atoms with Crippen LogP contribution in [-0.4, -0.2) is 29.3 Å². The van der Waals surface area contributed by atoms with Gasteiger partial charge in [-0.1, -0.05) is 13.8 Å². The number of carbonyl (C=O) groups is 2. The molecule has 0 radical (unpaired) electrons. The van der Waals surface area contributed by atoms with Crippen LogP contribution in [0.1, 0.15) is 59.3 Å². The van der Waals surface area contributed by atoms with Gasteiger partial charge in [0, 0.05) is 0 Å². The van der Waals surface area contributed by atoms with Crippen LogP contribution in [0.3, 0.4) is 0 Å². The van der Waals surface area contributed by atoms with Gasteiger partial charge in [0.2, 0.25) is 0 Å². The van der Waals surface area contributed by atoms with Crippen LogP contribution in [0.4, 0.5) is 13.2 Å². The minimum Gasteiger partial charge on any atom is -0.480 e. The summed E-state index contributed by atoms with van der Waals surface area (Å²) < 4.78 is 46.2. The van der Waals surface area contributed by atoms with E-state index in [1.807, 2.05) is 0 Å². The van der Waals surface area contributed by atoms with Gasteiger partial charge in [-0.25, -0.2) is 0 Å². The molecule has 0 saturated heterocycles. The second kappa shape index (κ2) is 6.13. The first-order valence-corrected chi connectivity index (χ1v) is 9.40. The molecule has 26 heavy (non-hydrogen) atoms. The van der Waals surface area contributed by atoms with Crippen LogP contribution in [0.5, 0.6) is 0 Å². The lowest BCUT2D eigenvalue weighted by Crippen LogP contribution is -2.57. The van der Waals surface area contributed by atoms with Crippen LogP contribution >= 0.6 is 0 Å². The number of alkyl halides is 3. The summed E-state index contributed by atoms with van der Waals surface area (Å²) in [4.78, 5) is 24.6. The van der Waals surface area contributed by atoms with Crippen molar-refractivity contribution in [1.82, 2.24) is 0 Å². The molecule has 2 atom stereocenters. The molecular weight excluding hydrogens is 349 g/mol. The molecule has 0 aromatic carbocycles. The van der Waals surface area contributed by atoms with Gasteiger partial charge < -0.3 is 9.84 Å². The Labute approximate surface area is 151 Å². The largest absolute Gasteiger partial charge is 0.480 e. The number of rotatable bonds is 5. The summed E-state index contributed by atoms with van der Waals surface area (Å²) in [5.74, 6) is -2.07. The van der Waals surface area contributed by atoms with Crippen LogP contribution in [0.2, 0.25) is 0 Å². The molecule has 0 aromatic rings. The van der Waals surface area contributed by atoms with Crippen molar-refractivity contribution < 1.29 is 32.6 Å². The maximum atomic E-state index is 13.6. The quantitative estimate of drug-likeness (QED) is 0.721. The first kappa shape index (κ1) is 19.5. The van der Waals surface area contributed by atoms with Crippen LogP contribution < -0.4 is 0 Å². The van der Waals surface area contributed by atoms with Gasteiger partial charge in [0.25, 0.3) is 0 Å². The lowest BCUT2D eigenvalue weighted by molar-refractivity contribution is -0.262. The van der Waals surface area contributed by atoms with E-state index >= 15 is 0 Å². The summed E-state index contributed by atoms with van der Waals surface area (Å²) in [6.07, 6.45) is -1.49. The second-order valence-corrected chi connectivity index (χ2v) is 9.27. The molecule has 0 spiro atoms. The minimum absolute atomic E-state index is 0.444. The number of carboxylic acids is 1. The van der Waals surface area contributed by atoms with E-state index in [1.165, 1.54) is 13.8 Å².